The van der Waals surface area contributed by atoms with Gasteiger partial charge in [-0.15, -0.1) is 0 Å². The molecular weight excluding hydrogens is 374 g/mol. The Kier molecular flexibility index (Phi) is 5.31. The van der Waals surface area contributed by atoms with Crippen LogP contribution < -0.4 is 0 Å². The van der Waals surface area contributed by atoms with Gasteiger partial charge in [0.1, 0.15) is 5.60 Å². The molecule has 4 rings (SSSR count). The topological polar surface area (TPSA) is 79.4 Å². The Hall–Kier alpha value is -2.09. The molecule has 8 heteroatoms. The van der Waals surface area contributed by atoms with Crippen LogP contribution in [0, 0.1) is 17.8 Å². The molecule has 4 aliphatic rings. The Balaban J connectivity index is 1.47. The average molecular weight is 405 g/mol. The van der Waals surface area contributed by atoms with Gasteiger partial charge in [-0.1, -0.05) is 38.8 Å². The number of carbonyl (C=O) groups excluding carboxylic acids is 3. The van der Waals surface area contributed by atoms with Crippen molar-refractivity contribution in [3.05, 3.63) is 12.2 Å². The Morgan fingerprint density at radius 2 is 1.86 bits per heavy atom. The zero-order valence-electron chi connectivity index (χ0n) is 17.5. The Bertz CT molecular complexity index is 713. The van der Waals surface area contributed by atoms with E-state index in [2.05, 4.69) is 13.8 Å². The number of rotatable bonds is 5. The second-order valence-corrected chi connectivity index (χ2v) is 8.58. The highest BCUT2D eigenvalue weighted by Gasteiger charge is 2.67. The monoisotopic (exact) mass is 405 g/mol. The van der Waals surface area contributed by atoms with Crippen LogP contribution in [0.15, 0.2) is 12.2 Å². The van der Waals surface area contributed by atoms with E-state index in [1.54, 1.807) is 9.80 Å². The molecule has 3 amide bonds. The number of hydrogen-bond acceptors (Lipinski definition) is 5. The highest BCUT2D eigenvalue weighted by atomic mass is 16.5. The van der Waals surface area contributed by atoms with Gasteiger partial charge < -0.3 is 24.2 Å². The maximum atomic E-state index is 13.4. The molecule has 3 saturated heterocycles. The van der Waals surface area contributed by atoms with Crippen molar-refractivity contribution in [2.75, 3.05) is 46.4 Å². The van der Waals surface area contributed by atoms with E-state index in [0.29, 0.717) is 38.6 Å². The van der Waals surface area contributed by atoms with Gasteiger partial charge in [-0.2, -0.15) is 0 Å². The van der Waals surface area contributed by atoms with Crippen LogP contribution in [0.1, 0.15) is 26.7 Å². The van der Waals surface area contributed by atoms with Gasteiger partial charge >= 0.3 is 6.09 Å². The lowest BCUT2D eigenvalue weighted by atomic mass is 9.76. The van der Waals surface area contributed by atoms with Crippen LogP contribution in [-0.4, -0.2) is 90.7 Å². The highest BCUT2D eigenvalue weighted by molar-refractivity contribution is 5.93. The van der Waals surface area contributed by atoms with Crippen molar-refractivity contribution < 1.29 is 23.9 Å². The molecule has 0 aromatic heterocycles. The normalized spacial score (nSPS) is 33.0. The first-order chi connectivity index (χ1) is 13.9. The van der Waals surface area contributed by atoms with E-state index in [4.69, 9.17) is 9.47 Å². The molecule has 3 fully saturated rings. The van der Waals surface area contributed by atoms with Gasteiger partial charge in [0.05, 0.1) is 31.6 Å². The lowest BCUT2D eigenvalue weighted by Crippen LogP contribution is -2.54. The molecule has 160 valence electrons. The summed E-state index contributed by atoms with van der Waals surface area (Å²) in [7, 11) is 1.36. The Morgan fingerprint density at radius 3 is 2.48 bits per heavy atom. The molecular formula is C21H31N3O5. The molecule has 4 atom stereocenters. The highest BCUT2D eigenvalue weighted by Crippen LogP contribution is 2.52. The molecule has 0 unspecified atom stereocenters. The molecule has 0 radical (unpaired) electrons. The predicted octanol–water partition coefficient (Wildman–Crippen LogP) is 1.12. The first-order valence-electron chi connectivity index (χ1n) is 10.7. The average Bonchev–Trinajstić information content (AvgIpc) is 3.39. The number of piperazine rings is 1. The summed E-state index contributed by atoms with van der Waals surface area (Å²) in [6, 6.07) is 0. The number of methoxy groups -OCH3 is 1. The molecule has 0 aromatic carbocycles. The molecule has 2 bridgehead atoms. The van der Waals surface area contributed by atoms with Crippen molar-refractivity contribution >= 4 is 17.9 Å². The molecule has 0 N–H and O–H groups in total. The smallest absolute Gasteiger partial charge is 0.409 e. The lowest BCUT2D eigenvalue weighted by Gasteiger charge is -2.36. The summed E-state index contributed by atoms with van der Waals surface area (Å²) in [6.45, 7) is 7.35. The number of hydrogen-bond donors (Lipinski definition) is 0. The Labute approximate surface area is 171 Å². The van der Waals surface area contributed by atoms with Gasteiger partial charge in [-0.3, -0.25) is 9.59 Å². The maximum absolute atomic E-state index is 13.4. The molecule has 1 spiro atoms. The van der Waals surface area contributed by atoms with Gasteiger partial charge in [0, 0.05) is 32.7 Å². The van der Waals surface area contributed by atoms with Crippen LogP contribution in [0.2, 0.25) is 0 Å². The van der Waals surface area contributed by atoms with Gasteiger partial charge in [-0.25, -0.2) is 4.79 Å². The summed E-state index contributed by atoms with van der Waals surface area (Å²) in [5.41, 5.74) is -0.651. The van der Waals surface area contributed by atoms with E-state index >= 15 is 0 Å². The zero-order valence-corrected chi connectivity index (χ0v) is 17.5. The number of likely N-dealkylation sites (tertiary alicyclic amines) is 1. The van der Waals surface area contributed by atoms with Gasteiger partial charge in [-0.05, 0) is 5.92 Å². The third kappa shape index (κ3) is 3.21. The summed E-state index contributed by atoms with van der Waals surface area (Å²) in [6.07, 6.45) is 5.33. The number of nitrogens with zero attached hydrogens (tertiary/aromatic N) is 3. The quantitative estimate of drug-likeness (QED) is 0.641. The summed E-state index contributed by atoms with van der Waals surface area (Å²) in [5.74, 6) is -0.415. The first kappa shape index (κ1) is 20.2. The van der Waals surface area contributed by atoms with Crippen molar-refractivity contribution in [3.8, 4) is 0 Å². The standard InChI is InChI=1S/C21H31N3O5/c1-4-14(5-2)12-24-13-21-7-6-15(29-21)16(17(21)19(24)26)18(25)22-8-10-23(11-9-22)20(27)28-3/h6-7,14-17H,4-5,8-13H2,1-3H3/t15-,16+,17+,21-/m0/s1. The molecule has 4 heterocycles. The molecule has 0 saturated carbocycles. The number of fused-ring (bicyclic) bond motifs is 1. The van der Waals surface area contributed by atoms with Crippen LogP contribution in [0.5, 0.6) is 0 Å². The lowest BCUT2D eigenvalue weighted by molar-refractivity contribution is -0.144. The largest absolute Gasteiger partial charge is 0.453 e. The summed E-state index contributed by atoms with van der Waals surface area (Å²) < 4.78 is 11.0. The van der Waals surface area contributed by atoms with Gasteiger partial charge in [0.15, 0.2) is 0 Å². The first-order valence-corrected chi connectivity index (χ1v) is 10.7. The maximum Gasteiger partial charge on any atom is 0.409 e. The molecule has 0 aromatic rings. The second-order valence-electron chi connectivity index (χ2n) is 8.58. The van der Waals surface area contributed by atoms with Crippen molar-refractivity contribution in [3.63, 3.8) is 0 Å². The third-order valence-electron chi connectivity index (χ3n) is 7.12. The van der Waals surface area contributed by atoms with Crippen LogP contribution in [-0.2, 0) is 19.1 Å². The summed E-state index contributed by atoms with van der Waals surface area (Å²) in [4.78, 5) is 43.6. The van der Waals surface area contributed by atoms with Gasteiger partial charge in [0.25, 0.3) is 0 Å². The minimum absolute atomic E-state index is 0.0338. The number of ether oxygens (including phenoxy) is 2. The number of carbonyl (C=O) groups is 3. The molecule has 29 heavy (non-hydrogen) atoms. The number of amides is 3. The van der Waals surface area contributed by atoms with Crippen molar-refractivity contribution in [1.29, 1.82) is 0 Å². The van der Waals surface area contributed by atoms with E-state index in [1.165, 1.54) is 7.11 Å². The fourth-order valence-electron chi connectivity index (χ4n) is 5.32. The molecule has 4 aliphatic heterocycles. The second kappa shape index (κ2) is 7.63. The fourth-order valence-corrected chi connectivity index (χ4v) is 5.32. The zero-order chi connectivity index (χ0) is 20.8. The summed E-state index contributed by atoms with van der Waals surface area (Å²) >= 11 is 0. The summed E-state index contributed by atoms with van der Waals surface area (Å²) in [5, 5.41) is 0. The SMILES string of the molecule is CCC(CC)CN1C[C@]23C=C[C@H](O2)[C@@H](C(=O)N2CCN(C(=O)OC)CC2)[C@@H]3C1=O. The van der Waals surface area contributed by atoms with Crippen molar-refractivity contribution in [1.82, 2.24) is 14.7 Å². The minimum Gasteiger partial charge on any atom is -0.453 e. The minimum atomic E-state index is -0.651. The van der Waals surface area contributed by atoms with E-state index in [0.717, 1.165) is 19.4 Å². The molecule has 8 nitrogen and oxygen atoms in total. The van der Waals surface area contributed by atoms with Crippen LogP contribution in [0.25, 0.3) is 0 Å². The van der Waals surface area contributed by atoms with Crippen molar-refractivity contribution in [2.45, 2.75) is 38.4 Å². The Morgan fingerprint density at radius 1 is 1.21 bits per heavy atom. The van der Waals surface area contributed by atoms with Crippen molar-refractivity contribution in [2.24, 2.45) is 17.8 Å². The van der Waals surface area contributed by atoms with Gasteiger partial charge in [0.2, 0.25) is 11.8 Å². The van der Waals surface area contributed by atoms with E-state index in [-0.39, 0.29) is 24.0 Å². The van der Waals surface area contributed by atoms with Crippen LogP contribution >= 0.6 is 0 Å². The fraction of sp³-hybridized carbons (Fsp3) is 0.762. The van der Waals surface area contributed by atoms with E-state index < -0.39 is 17.4 Å². The predicted molar refractivity (Wildman–Crippen MR) is 105 cm³/mol. The van der Waals surface area contributed by atoms with Crippen LogP contribution in [0.3, 0.4) is 0 Å². The van der Waals surface area contributed by atoms with E-state index in [1.807, 2.05) is 17.1 Å². The molecule has 0 aliphatic carbocycles. The van der Waals surface area contributed by atoms with E-state index in [9.17, 15) is 14.4 Å². The van der Waals surface area contributed by atoms with Crippen LogP contribution in [0.4, 0.5) is 4.79 Å². The third-order valence-corrected chi connectivity index (χ3v) is 7.12.